The number of carbonyl (C=O) groups is 3. The predicted molar refractivity (Wildman–Crippen MR) is 115 cm³/mol. The van der Waals surface area contributed by atoms with E-state index in [0.29, 0.717) is 6.42 Å². The van der Waals surface area contributed by atoms with E-state index in [9.17, 15) is 14.4 Å². The van der Waals surface area contributed by atoms with Crippen LogP contribution in [-0.4, -0.2) is 36.0 Å². The molecule has 1 aromatic rings. The quantitative estimate of drug-likeness (QED) is 0.594. The average Bonchev–Trinajstić information content (AvgIpc) is 3.34. The predicted octanol–water partition coefficient (Wildman–Crippen LogP) is 3.93. The van der Waals surface area contributed by atoms with Gasteiger partial charge in [0, 0.05) is 34.8 Å². The number of fused-ring (bicyclic) bond motifs is 3. The van der Waals surface area contributed by atoms with E-state index in [2.05, 4.69) is 6.92 Å². The van der Waals surface area contributed by atoms with E-state index in [1.54, 1.807) is 18.6 Å². The van der Waals surface area contributed by atoms with E-state index >= 15 is 0 Å². The molecule has 7 atom stereocenters. The molecule has 7 nitrogen and oxygen atoms in total. The Morgan fingerprint density at radius 3 is 2.55 bits per heavy atom. The molecule has 2 saturated carbocycles. The van der Waals surface area contributed by atoms with E-state index < -0.39 is 33.9 Å². The molecular weight excluding hydrogens is 424 g/mol. The molecule has 1 spiro atoms. The monoisotopic (exact) mass is 454 g/mol. The summed E-state index contributed by atoms with van der Waals surface area (Å²) in [7, 11) is 0. The van der Waals surface area contributed by atoms with Gasteiger partial charge in [-0.1, -0.05) is 6.92 Å². The summed E-state index contributed by atoms with van der Waals surface area (Å²) in [5.41, 5.74) is -0.738. The molecule has 0 amide bonds. The van der Waals surface area contributed by atoms with Crippen LogP contribution in [0.25, 0.3) is 0 Å². The third-order valence-corrected chi connectivity index (χ3v) is 9.73. The van der Waals surface area contributed by atoms with Gasteiger partial charge in [0.05, 0.1) is 36.1 Å². The second kappa shape index (κ2) is 6.38. The third-order valence-electron chi connectivity index (χ3n) is 9.73. The standard InChI is InChI=1S/C26H30O7/c1-23(2)16-9-18(27)25(4)15(26(16)13-31-20(28)11-19(26)33-23)5-7-24(3)17(25)10-21(29)32-22(24)14-6-8-30-12-14/h6,8,10,12,15-16,19,22H,5,7,9,11,13H2,1-4H3/t15-,16-,19-,22+,24+,25+,26+/m0/s1. The summed E-state index contributed by atoms with van der Waals surface area (Å²) in [6.07, 6.45) is 5.99. The number of hydrogen-bond acceptors (Lipinski definition) is 7. The van der Waals surface area contributed by atoms with Gasteiger partial charge in [-0.05, 0) is 51.2 Å². The first-order valence-electron chi connectivity index (χ1n) is 11.9. The van der Waals surface area contributed by atoms with Crippen LogP contribution in [0.1, 0.15) is 65.0 Å². The Morgan fingerprint density at radius 1 is 1.03 bits per heavy atom. The summed E-state index contributed by atoms with van der Waals surface area (Å²) in [5.74, 6) is -0.681. The smallest absolute Gasteiger partial charge is 0.331 e. The molecule has 33 heavy (non-hydrogen) atoms. The van der Waals surface area contributed by atoms with Crippen LogP contribution in [0.15, 0.2) is 34.7 Å². The fourth-order valence-corrected chi connectivity index (χ4v) is 8.32. The van der Waals surface area contributed by atoms with E-state index in [1.807, 2.05) is 26.8 Å². The largest absolute Gasteiger partial charge is 0.472 e. The first kappa shape index (κ1) is 21.1. The van der Waals surface area contributed by atoms with Crippen LogP contribution < -0.4 is 0 Å². The Hall–Kier alpha value is -2.41. The lowest BCUT2D eigenvalue weighted by Gasteiger charge is -2.63. The fourth-order valence-electron chi connectivity index (χ4n) is 8.32. The lowest BCUT2D eigenvalue weighted by molar-refractivity contribution is -0.191. The molecule has 2 aliphatic carbocycles. The Kier molecular flexibility index (Phi) is 4.09. The molecule has 0 N–H and O–H groups in total. The minimum absolute atomic E-state index is 0.0427. The van der Waals surface area contributed by atoms with Crippen molar-refractivity contribution in [3.63, 3.8) is 0 Å². The highest BCUT2D eigenvalue weighted by Gasteiger charge is 2.75. The van der Waals surface area contributed by atoms with Crippen molar-refractivity contribution in [2.75, 3.05) is 6.61 Å². The van der Waals surface area contributed by atoms with E-state index in [-0.39, 0.29) is 42.7 Å². The zero-order chi connectivity index (χ0) is 23.4. The van der Waals surface area contributed by atoms with Crippen LogP contribution in [0.5, 0.6) is 0 Å². The maximum Gasteiger partial charge on any atom is 0.331 e. The molecule has 4 heterocycles. The van der Waals surface area contributed by atoms with Crippen molar-refractivity contribution in [2.24, 2.45) is 28.1 Å². The van der Waals surface area contributed by atoms with Gasteiger partial charge in [-0.2, -0.15) is 0 Å². The van der Waals surface area contributed by atoms with E-state index in [1.165, 1.54) is 0 Å². The van der Waals surface area contributed by atoms with Gasteiger partial charge in [-0.3, -0.25) is 9.59 Å². The second-order valence-electron chi connectivity index (χ2n) is 11.5. The molecule has 0 bridgehead atoms. The SMILES string of the molecule is CC1(C)O[C@H]2CC(=O)OC[C@@]23[C@H]1CC(=O)[C@@]1(C)C2=CC(=O)O[C@H](c4ccoc4)[C@]2(C)CC[C@@H]13. The summed E-state index contributed by atoms with van der Waals surface area (Å²) in [5, 5.41) is 0. The van der Waals surface area contributed by atoms with Crippen molar-refractivity contribution in [3.05, 3.63) is 35.8 Å². The highest BCUT2D eigenvalue weighted by Crippen LogP contribution is 2.72. The van der Waals surface area contributed by atoms with Gasteiger partial charge in [0.15, 0.2) is 0 Å². The Bertz CT molecular complexity index is 1080. The van der Waals surface area contributed by atoms with Crippen molar-refractivity contribution < 1.29 is 33.0 Å². The second-order valence-corrected chi connectivity index (χ2v) is 11.5. The van der Waals surface area contributed by atoms with Crippen LogP contribution in [0.4, 0.5) is 0 Å². The van der Waals surface area contributed by atoms with Gasteiger partial charge >= 0.3 is 11.9 Å². The lowest BCUT2D eigenvalue weighted by Crippen LogP contribution is -2.66. The van der Waals surface area contributed by atoms with Gasteiger partial charge in [0.1, 0.15) is 18.5 Å². The number of ketones is 1. The van der Waals surface area contributed by atoms with E-state index in [4.69, 9.17) is 18.6 Å². The number of rotatable bonds is 1. The molecule has 5 aliphatic rings. The van der Waals surface area contributed by atoms with Gasteiger partial charge < -0.3 is 18.6 Å². The molecule has 6 rings (SSSR count). The Labute approximate surface area is 192 Å². The minimum atomic E-state index is -0.864. The zero-order valence-electron chi connectivity index (χ0n) is 19.5. The topological polar surface area (TPSA) is 92.0 Å². The molecule has 0 radical (unpaired) electrons. The van der Waals surface area contributed by atoms with Crippen molar-refractivity contribution in [3.8, 4) is 0 Å². The first-order chi connectivity index (χ1) is 15.5. The number of hydrogen-bond donors (Lipinski definition) is 0. The molecular formula is C26H30O7. The number of cyclic esters (lactones) is 2. The average molecular weight is 455 g/mol. The summed E-state index contributed by atoms with van der Waals surface area (Å²) < 4.78 is 23.3. The summed E-state index contributed by atoms with van der Waals surface area (Å²) in [4.78, 5) is 39.1. The molecule has 1 aromatic heterocycles. The van der Waals surface area contributed by atoms with Crippen LogP contribution in [0.3, 0.4) is 0 Å². The summed E-state index contributed by atoms with van der Waals surface area (Å²) >= 11 is 0. The number of Topliss-reactive ketones (excluding diaryl/α,β-unsaturated/α-hetero) is 1. The molecule has 7 heteroatoms. The zero-order valence-corrected chi connectivity index (χ0v) is 19.5. The highest BCUT2D eigenvalue weighted by molar-refractivity contribution is 5.94. The normalized spacial score (nSPS) is 45.7. The summed E-state index contributed by atoms with van der Waals surface area (Å²) in [6.45, 7) is 8.40. The van der Waals surface area contributed by atoms with Gasteiger partial charge in [-0.15, -0.1) is 0 Å². The maximum atomic E-state index is 14.0. The fraction of sp³-hybridized carbons (Fsp3) is 0.654. The van der Waals surface area contributed by atoms with Crippen LogP contribution in [-0.2, 0) is 28.6 Å². The van der Waals surface area contributed by atoms with Gasteiger partial charge in [0.2, 0.25) is 0 Å². The molecule has 0 unspecified atom stereocenters. The maximum absolute atomic E-state index is 14.0. The van der Waals surface area contributed by atoms with Crippen LogP contribution >= 0.6 is 0 Å². The van der Waals surface area contributed by atoms with Gasteiger partial charge in [0.25, 0.3) is 0 Å². The first-order valence-corrected chi connectivity index (χ1v) is 11.9. The molecule has 2 saturated heterocycles. The molecule has 4 fully saturated rings. The molecule has 176 valence electrons. The molecule has 0 aromatic carbocycles. The lowest BCUT2D eigenvalue weighted by atomic mass is 9.39. The van der Waals surface area contributed by atoms with Crippen LogP contribution in [0, 0.1) is 28.1 Å². The van der Waals surface area contributed by atoms with E-state index in [0.717, 1.165) is 24.0 Å². The number of esters is 2. The minimum Gasteiger partial charge on any atom is -0.472 e. The third kappa shape index (κ3) is 2.47. The highest BCUT2D eigenvalue weighted by atomic mass is 16.6. The van der Waals surface area contributed by atoms with Crippen molar-refractivity contribution in [2.45, 2.75) is 71.2 Å². The van der Waals surface area contributed by atoms with Crippen molar-refractivity contribution in [1.82, 2.24) is 0 Å². The Balaban J connectivity index is 1.52. The summed E-state index contributed by atoms with van der Waals surface area (Å²) in [6, 6.07) is 1.82. The van der Waals surface area contributed by atoms with Gasteiger partial charge in [-0.25, -0.2) is 4.79 Å². The number of carbonyl (C=O) groups excluding carboxylic acids is 3. The van der Waals surface area contributed by atoms with Crippen molar-refractivity contribution >= 4 is 17.7 Å². The molecule has 3 aliphatic heterocycles. The van der Waals surface area contributed by atoms with Crippen molar-refractivity contribution in [1.29, 1.82) is 0 Å². The van der Waals surface area contributed by atoms with Crippen LogP contribution in [0.2, 0.25) is 0 Å². The number of ether oxygens (including phenoxy) is 3. The number of furan rings is 1. The Morgan fingerprint density at radius 2 is 1.82 bits per heavy atom.